The summed E-state index contributed by atoms with van der Waals surface area (Å²) in [6.45, 7) is 9.28. The molecule has 17 heavy (non-hydrogen) atoms. The third-order valence-electron chi connectivity index (χ3n) is 3.56. The van der Waals surface area contributed by atoms with Gasteiger partial charge >= 0.3 is 5.97 Å². The number of carbonyl (C=O) groups is 1. The Hall–Kier alpha value is -0.570. The molecule has 1 fully saturated rings. The fourth-order valence-corrected chi connectivity index (χ4v) is 2.95. The summed E-state index contributed by atoms with van der Waals surface area (Å²) in [6, 6.07) is 0. The van der Waals surface area contributed by atoms with Gasteiger partial charge in [0.1, 0.15) is 6.10 Å². The first-order valence-electron chi connectivity index (χ1n) is 6.72. The van der Waals surface area contributed by atoms with E-state index in [1.165, 1.54) is 6.42 Å². The molecule has 0 aromatic heterocycles. The average molecular weight is 241 g/mol. The van der Waals surface area contributed by atoms with Crippen LogP contribution in [0, 0.1) is 17.3 Å². The summed E-state index contributed by atoms with van der Waals surface area (Å²) in [7, 11) is 0. The zero-order valence-corrected chi connectivity index (χ0v) is 11.7. The van der Waals surface area contributed by atoms with Crippen molar-refractivity contribution in [1.82, 2.24) is 0 Å². The van der Waals surface area contributed by atoms with Crippen molar-refractivity contribution >= 4 is 5.97 Å². The predicted octanol–water partition coefficient (Wildman–Crippen LogP) is 2.73. The number of hydrogen-bond donors (Lipinski definition) is 1. The van der Waals surface area contributed by atoms with E-state index in [1.54, 1.807) is 0 Å². The lowest BCUT2D eigenvalue weighted by atomic mass is 9.71. The Balaban J connectivity index is 2.43. The van der Waals surface area contributed by atoms with Crippen LogP contribution >= 0.6 is 0 Å². The molecule has 0 bridgehead atoms. The first-order valence-corrected chi connectivity index (χ1v) is 6.72. The maximum absolute atomic E-state index is 11.7. The first kappa shape index (κ1) is 14.5. The maximum atomic E-state index is 11.7. The summed E-state index contributed by atoms with van der Waals surface area (Å²) < 4.78 is 5.58. The molecule has 0 heterocycles. The van der Waals surface area contributed by atoms with Gasteiger partial charge in [-0.2, -0.15) is 0 Å². The van der Waals surface area contributed by atoms with E-state index >= 15 is 0 Å². The molecule has 2 N–H and O–H groups in total. The average Bonchev–Trinajstić information content (AvgIpc) is 2.13. The lowest BCUT2D eigenvalue weighted by Crippen LogP contribution is -2.34. The van der Waals surface area contributed by atoms with Gasteiger partial charge in [0, 0.05) is 6.42 Å². The molecule has 1 saturated carbocycles. The molecule has 0 aliphatic heterocycles. The van der Waals surface area contributed by atoms with Gasteiger partial charge in [-0.1, -0.05) is 27.7 Å². The molecular weight excluding hydrogens is 214 g/mol. The van der Waals surface area contributed by atoms with Crippen LogP contribution in [-0.2, 0) is 9.53 Å². The second-order valence-corrected chi connectivity index (χ2v) is 6.57. The summed E-state index contributed by atoms with van der Waals surface area (Å²) >= 11 is 0. The molecule has 0 saturated heterocycles. The molecule has 0 aromatic carbocycles. The van der Waals surface area contributed by atoms with E-state index in [4.69, 9.17) is 10.5 Å². The number of esters is 1. The Labute approximate surface area is 105 Å². The zero-order chi connectivity index (χ0) is 13.1. The quantitative estimate of drug-likeness (QED) is 0.770. The van der Waals surface area contributed by atoms with E-state index in [2.05, 4.69) is 20.8 Å². The molecule has 1 rings (SSSR count). The minimum atomic E-state index is -0.0853. The highest BCUT2D eigenvalue weighted by Crippen LogP contribution is 2.39. The minimum Gasteiger partial charge on any atom is -0.462 e. The van der Waals surface area contributed by atoms with Gasteiger partial charge in [0.25, 0.3) is 0 Å². The van der Waals surface area contributed by atoms with Crippen molar-refractivity contribution in [1.29, 1.82) is 0 Å². The highest BCUT2D eigenvalue weighted by Gasteiger charge is 2.33. The van der Waals surface area contributed by atoms with Crippen LogP contribution in [0.5, 0.6) is 0 Å². The topological polar surface area (TPSA) is 52.3 Å². The number of hydrogen-bond acceptors (Lipinski definition) is 3. The summed E-state index contributed by atoms with van der Waals surface area (Å²) in [5, 5.41) is 0. The fraction of sp³-hybridized carbons (Fsp3) is 0.929. The Kier molecular flexibility index (Phi) is 4.99. The molecule has 1 aliphatic rings. The SMILES string of the molecule is CC(CN)CC(=O)OC1CC(C)CC(C)(C)C1. The van der Waals surface area contributed by atoms with E-state index in [9.17, 15) is 4.79 Å². The highest BCUT2D eigenvalue weighted by atomic mass is 16.5. The normalized spacial score (nSPS) is 29.7. The van der Waals surface area contributed by atoms with Crippen LogP contribution in [0.15, 0.2) is 0 Å². The summed E-state index contributed by atoms with van der Waals surface area (Å²) in [6.07, 6.45) is 3.76. The number of carbonyl (C=O) groups excluding carboxylic acids is 1. The molecule has 0 aromatic rings. The lowest BCUT2D eigenvalue weighted by molar-refractivity contribution is -0.154. The fourth-order valence-electron chi connectivity index (χ4n) is 2.95. The molecule has 3 heteroatoms. The molecule has 3 unspecified atom stereocenters. The lowest BCUT2D eigenvalue weighted by Gasteiger charge is -2.38. The van der Waals surface area contributed by atoms with Crippen LogP contribution < -0.4 is 5.73 Å². The molecule has 3 nitrogen and oxygen atoms in total. The van der Waals surface area contributed by atoms with Crippen molar-refractivity contribution in [2.75, 3.05) is 6.54 Å². The standard InChI is InChI=1S/C14H27NO2/c1-10-5-12(8-14(3,4)7-10)17-13(16)6-11(2)9-15/h10-12H,5-9,15H2,1-4H3. The molecule has 3 atom stereocenters. The van der Waals surface area contributed by atoms with Crippen LogP contribution in [0.25, 0.3) is 0 Å². The Morgan fingerprint density at radius 2 is 2.12 bits per heavy atom. The number of nitrogens with two attached hydrogens (primary N) is 1. The number of rotatable bonds is 4. The van der Waals surface area contributed by atoms with Gasteiger partial charge in [-0.05, 0) is 43.1 Å². The van der Waals surface area contributed by atoms with Gasteiger partial charge in [-0.15, -0.1) is 0 Å². The van der Waals surface area contributed by atoms with E-state index < -0.39 is 0 Å². The van der Waals surface area contributed by atoms with Crippen molar-refractivity contribution in [2.24, 2.45) is 23.0 Å². The smallest absolute Gasteiger partial charge is 0.306 e. The molecule has 0 radical (unpaired) electrons. The van der Waals surface area contributed by atoms with Gasteiger partial charge in [0.2, 0.25) is 0 Å². The van der Waals surface area contributed by atoms with Gasteiger partial charge in [-0.3, -0.25) is 4.79 Å². The molecule has 100 valence electrons. The van der Waals surface area contributed by atoms with E-state index in [-0.39, 0.29) is 18.0 Å². The van der Waals surface area contributed by atoms with Gasteiger partial charge < -0.3 is 10.5 Å². The van der Waals surface area contributed by atoms with Crippen LogP contribution in [0.2, 0.25) is 0 Å². The van der Waals surface area contributed by atoms with Crippen LogP contribution in [0.1, 0.15) is 53.4 Å². The van der Waals surface area contributed by atoms with Crippen LogP contribution in [0.3, 0.4) is 0 Å². The molecular formula is C14H27NO2. The summed E-state index contributed by atoms with van der Waals surface area (Å²) in [4.78, 5) is 11.7. The first-order chi connectivity index (χ1) is 7.82. The third kappa shape index (κ3) is 5.07. The predicted molar refractivity (Wildman–Crippen MR) is 69.5 cm³/mol. The van der Waals surface area contributed by atoms with Gasteiger partial charge in [0.15, 0.2) is 0 Å². The minimum absolute atomic E-state index is 0.0853. The monoisotopic (exact) mass is 241 g/mol. The molecule has 1 aliphatic carbocycles. The molecule has 0 spiro atoms. The molecule has 0 amide bonds. The summed E-state index contributed by atoms with van der Waals surface area (Å²) in [5.74, 6) is 0.776. The second-order valence-electron chi connectivity index (χ2n) is 6.57. The van der Waals surface area contributed by atoms with Crippen molar-refractivity contribution in [3.05, 3.63) is 0 Å². The van der Waals surface area contributed by atoms with Crippen LogP contribution in [0.4, 0.5) is 0 Å². The van der Waals surface area contributed by atoms with E-state index in [0.717, 1.165) is 12.8 Å². The summed E-state index contributed by atoms with van der Waals surface area (Å²) in [5.41, 5.74) is 5.80. The van der Waals surface area contributed by atoms with Gasteiger partial charge in [0.05, 0.1) is 0 Å². The highest BCUT2D eigenvalue weighted by molar-refractivity contribution is 5.69. The van der Waals surface area contributed by atoms with E-state index in [1.807, 2.05) is 6.92 Å². The second kappa shape index (κ2) is 5.85. The van der Waals surface area contributed by atoms with Crippen LogP contribution in [-0.4, -0.2) is 18.6 Å². The van der Waals surface area contributed by atoms with Crippen molar-refractivity contribution in [2.45, 2.75) is 59.5 Å². The largest absolute Gasteiger partial charge is 0.462 e. The Morgan fingerprint density at radius 1 is 1.47 bits per heavy atom. The maximum Gasteiger partial charge on any atom is 0.306 e. The van der Waals surface area contributed by atoms with Crippen molar-refractivity contribution < 1.29 is 9.53 Å². The van der Waals surface area contributed by atoms with Crippen molar-refractivity contribution in [3.8, 4) is 0 Å². The zero-order valence-electron chi connectivity index (χ0n) is 11.7. The van der Waals surface area contributed by atoms with Crippen molar-refractivity contribution in [3.63, 3.8) is 0 Å². The van der Waals surface area contributed by atoms with E-state index in [0.29, 0.717) is 24.3 Å². The van der Waals surface area contributed by atoms with Gasteiger partial charge in [-0.25, -0.2) is 0 Å². The Bertz CT molecular complexity index is 263. The number of ether oxygens (including phenoxy) is 1. The Morgan fingerprint density at radius 3 is 2.65 bits per heavy atom. The third-order valence-corrected chi connectivity index (χ3v) is 3.56.